The minimum atomic E-state index is -0.439. The lowest BCUT2D eigenvalue weighted by Gasteiger charge is -2.13. The van der Waals surface area contributed by atoms with Gasteiger partial charge >= 0.3 is 5.97 Å². The number of esters is 1. The number of fused-ring (bicyclic) bond motifs is 2. The summed E-state index contributed by atoms with van der Waals surface area (Å²) in [6.07, 6.45) is 3.19. The first-order valence-corrected chi connectivity index (χ1v) is 10.3. The monoisotopic (exact) mass is 412 g/mol. The number of carbonyl (C=O) groups is 4. The summed E-state index contributed by atoms with van der Waals surface area (Å²) in [5, 5.41) is 3.33. The van der Waals surface area contributed by atoms with E-state index in [4.69, 9.17) is 4.74 Å². The normalized spacial score (nSPS) is 14.7. The number of nitrogens with one attached hydrogen (secondary N) is 1. The number of hydrogen-bond acceptors (Lipinski definition) is 6. The molecule has 0 spiro atoms. The molecule has 1 N–H and O–H groups in total. The molecule has 0 saturated carbocycles. The fourth-order valence-corrected chi connectivity index (χ4v) is 5.13. The van der Waals surface area contributed by atoms with Gasteiger partial charge in [0.25, 0.3) is 11.8 Å². The molecule has 29 heavy (non-hydrogen) atoms. The second-order valence-electron chi connectivity index (χ2n) is 7.01. The van der Waals surface area contributed by atoms with Gasteiger partial charge in [0, 0.05) is 17.8 Å². The van der Waals surface area contributed by atoms with Gasteiger partial charge in [-0.15, -0.1) is 11.3 Å². The molecule has 0 fully saturated rings. The third kappa shape index (κ3) is 3.44. The molecule has 1 aromatic carbocycles. The number of benzene rings is 1. The number of anilines is 1. The summed E-state index contributed by atoms with van der Waals surface area (Å²) >= 11 is 1.42. The number of amides is 3. The van der Waals surface area contributed by atoms with Gasteiger partial charge < -0.3 is 10.1 Å². The van der Waals surface area contributed by atoms with Crippen LogP contribution in [0.1, 0.15) is 60.8 Å². The van der Waals surface area contributed by atoms with Crippen LogP contribution in [0.2, 0.25) is 0 Å². The molecule has 3 amide bonds. The van der Waals surface area contributed by atoms with Crippen molar-refractivity contribution in [2.45, 2.75) is 32.1 Å². The van der Waals surface area contributed by atoms with E-state index in [9.17, 15) is 19.2 Å². The van der Waals surface area contributed by atoms with Crippen molar-refractivity contribution < 1.29 is 23.9 Å². The Morgan fingerprint density at radius 3 is 2.48 bits per heavy atom. The van der Waals surface area contributed by atoms with Crippen LogP contribution in [-0.4, -0.2) is 42.2 Å². The van der Waals surface area contributed by atoms with E-state index in [-0.39, 0.29) is 30.7 Å². The van der Waals surface area contributed by atoms with Crippen LogP contribution in [0.5, 0.6) is 0 Å². The highest BCUT2D eigenvalue weighted by Gasteiger charge is 2.34. The Morgan fingerprint density at radius 2 is 1.83 bits per heavy atom. The summed E-state index contributed by atoms with van der Waals surface area (Å²) in [5.41, 5.74) is 2.23. The first-order valence-electron chi connectivity index (χ1n) is 9.49. The maximum absolute atomic E-state index is 12.4. The first kappa shape index (κ1) is 19.3. The van der Waals surface area contributed by atoms with Crippen LogP contribution >= 0.6 is 11.3 Å². The van der Waals surface area contributed by atoms with Crippen molar-refractivity contribution in [1.82, 2.24) is 4.90 Å². The summed E-state index contributed by atoms with van der Waals surface area (Å²) in [4.78, 5) is 51.6. The van der Waals surface area contributed by atoms with Crippen LogP contribution in [0.15, 0.2) is 24.3 Å². The fourth-order valence-electron chi connectivity index (χ4n) is 3.84. The molecule has 0 radical (unpaired) electrons. The van der Waals surface area contributed by atoms with Gasteiger partial charge in [0.1, 0.15) is 5.00 Å². The lowest BCUT2D eigenvalue weighted by atomic mass is 10.1. The molecule has 7 nitrogen and oxygen atoms in total. The van der Waals surface area contributed by atoms with Crippen molar-refractivity contribution in [3.8, 4) is 0 Å². The van der Waals surface area contributed by atoms with Crippen molar-refractivity contribution >= 4 is 40.0 Å². The van der Waals surface area contributed by atoms with Crippen molar-refractivity contribution in [3.05, 3.63) is 51.4 Å². The topological polar surface area (TPSA) is 92.8 Å². The molecule has 1 aliphatic heterocycles. The van der Waals surface area contributed by atoms with Crippen molar-refractivity contribution in [2.75, 3.05) is 19.0 Å². The van der Waals surface area contributed by atoms with Gasteiger partial charge in [-0.1, -0.05) is 12.1 Å². The number of aryl methyl sites for hydroxylation is 1. The second-order valence-corrected chi connectivity index (χ2v) is 8.12. The van der Waals surface area contributed by atoms with Gasteiger partial charge in [0.05, 0.1) is 23.8 Å². The predicted octanol–water partition coefficient (Wildman–Crippen LogP) is 3.04. The van der Waals surface area contributed by atoms with Crippen LogP contribution in [0, 0.1) is 0 Å². The van der Waals surface area contributed by atoms with Crippen LogP contribution in [0.4, 0.5) is 5.00 Å². The van der Waals surface area contributed by atoms with Gasteiger partial charge in [-0.05, 0) is 43.4 Å². The molecule has 150 valence electrons. The van der Waals surface area contributed by atoms with E-state index in [1.165, 1.54) is 23.3 Å². The molecule has 0 unspecified atom stereocenters. The van der Waals surface area contributed by atoms with E-state index < -0.39 is 5.97 Å². The minimum absolute atomic E-state index is 0.136. The van der Waals surface area contributed by atoms with E-state index in [2.05, 4.69) is 5.32 Å². The molecule has 0 bridgehead atoms. The smallest absolute Gasteiger partial charge is 0.341 e. The molecule has 8 heteroatoms. The number of imide groups is 1. The number of hydrogen-bond donors (Lipinski definition) is 1. The Morgan fingerprint density at radius 1 is 1.14 bits per heavy atom. The summed E-state index contributed by atoms with van der Waals surface area (Å²) < 4.78 is 4.88. The van der Waals surface area contributed by atoms with Gasteiger partial charge in [-0.2, -0.15) is 0 Å². The zero-order chi connectivity index (χ0) is 20.5. The van der Waals surface area contributed by atoms with Gasteiger partial charge in [-0.25, -0.2) is 4.79 Å². The average Bonchev–Trinajstić information content (AvgIpc) is 3.36. The largest absolute Gasteiger partial charge is 0.465 e. The van der Waals surface area contributed by atoms with Crippen molar-refractivity contribution in [2.24, 2.45) is 0 Å². The zero-order valence-corrected chi connectivity index (χ0v) is 16.8. The van der Waals surface area contributed by atoms with Crippen LogP contribution in [0.25, 0.3) is 0 Å². The lowest BCUT2D eigenvalue weighted by Crippen LogP contribution is -2.31. The first-order chi connectivity index (χ1) is 14.0. The molecule has 4 rings (SSSR count). The Kier molecular flexibility index (Phi) is 5.19. The Bertz CT molecular complexity index is 991. The van der Waals surface area contributed by atoms with E-state index in [1.807, 2.05) is 0 Å². The summed E-state index contributed by atoms with van der Waals surface area (Å²) in [5.74, 6) is -1.35. The molecular formula is C21H20N2O5S. The van der Waals surface area contributed by atoms with E-state index in [0.29, 0.717) is 28.1 Å². The molecule has 1 aliphatic carbocycles. The standard InChI is InChI=1S/C21H20N2O5S/c1-28-21(27)17-14-8-4-9-15(14)29-18(17)22-16(24)10-5-11-23-19(25)12-6-2-3-7-13(12)20(23)26/h2-3,6-7H,4-5,8-11H2,1H3,(H,22,24). The number of thiophene rings is 1. The molecule has 2 aliphatic rings. The summed E-state index contributed by atoms with van der Waals surface area (Å²) in [6.45, 7) is 0.171. The average molecular weight is 412 g/mol. The number of carbonyl (C=O) groups excluding carboxylic acids is 4. The highest BCUT2D eigenvalue weighted by Crippen LogP contribution is 2.39. The number of methoxy groups -OCH3 is 1. The Labute approximate surface area is 171 Å². The molecule has 2 aromatic rings. The third-order valence-electron chi connectivity index (χ3n) is 5.23. The van der Waals surface area contributed by atoms with Gasteiger partial charge in [0.2, 0.25) is 5.91 Å². The van der Waals surface area contributed by atoms with Gasteiger partial charge in [0.15, 0.2) is 0 Å². The highest BCUT2D eigenvalue weighted by atomic mass is 32.1. The maximum atomic E-state index is 12.4. The lowest BCUT2D eigenvalue weighted by molar-refractivity contribution is -0.116. The molecule has 0 saturated heterocycles. The van der Waals surface area contributed by atoms with Crippen molar-refractivity contribution in [1.29, 1.82) is 0 Å². The second kappa shape index (κ2) is 7.79. The molecule has 2 heterocycles. The molecule has 1 aromatic heterocycles. The van der Waals surface area contributed by atoms with E-state index in [0.717, 1.165) is 29.7 Å². The molecule has 0 atom stereocenters. The number of rotatable bonds is 6. The van der Waals surface area contributed by atoms with Crippen LogP contribution in [-0.2, 0) is 22.4 Å². The predicted molar refractivity (Wildman–Crippen MR) is 107 cm³/mol. The number of ether oxygens (including phenoxy) is 1. The Balaban J connectivity index is 1.37. The van der Waals surface area contributed by atoms with Gasteiger partial charge in [-0.3, -0.25) is 19.3 Å². The Hall–Kier alpha value is -3.00. The zero-order valence-electron chi connectivity index (χ0n) is 15.9. The van der Waals surface area contributed by atoms with Crippen LogP contribution in [0.3, 0.4) is 0 Å². The third-order valence-corrected chi connectivity index (χ3v) is 6.43. The van der Waals surface area contributed by atoms with E-state index in [1.54, 1.807) is 24.3 Å². The van der Waals surface area contributed by atoms with Crippen molar-refractivity contribution in [3.63, 3.8) is 0 Å². The molecular weight excluding hydrogens is 392 g/mol. The van der Waals surface area contributed by atoms with Crippen LogP contribution < -0.4 is 5.32 Å². The summed E-state index contributed by atoms with van der Waals surface area (Å²) in [6, 6.07) is 6.70. The highest BCUT2D eigenvalue weighted by molar-refractivity contribution is 7.17. The SMILES string of the molecule is COC(=O)c1c(NC(=O)CCCN2C(=O)c3ccccc3C2=O)sc2c1CCC2. The minimum Gasteiger partial charge on any atom is -0.465 e. The number of nitrogens with zero attached hydrogens (tertiary/aromatic N) is 1. The quantitative estimate of drug-likeness (QED) is 0.582. The fraction of sp³-hybridized carbons (Fsp3) is 0.333. The van der Waals surface area contributed by atoms with E-state index >= 15 is 0 Å². The summed E-state index contributed by atoms with van der Waals surface area (Å²) in [7, 11) is 1.33. The maximum Gasteiger partial charge on any atom is 0.341 e.